The van der Waals surface area contributed by atoms with Crippen LogP contribution in [0, 0.1) is 0 Å². The third-order valence-electron chi connectivity index (χ3n) is 2.59. The van der Waals surface area contributed by atoms with Gasteiger partial charge in [0.2, 0.25) is 11.8 Å². The fourth-order valence-electron chi connectivity index (χ4n) is 1.78. The lowest BCUT2D eigenvalue weighted by Gasteiger charge is -2.32. The van der Waals surface area contributed by atoms with Gasteiger partial charge in [-0.05, 0) is 6.42 Å². The van der Waals surface area contributed by atoms with E-state index in [-0.39, 0.29) is 31.0 Å². The van der Waals surface area contributed by atoms with E-state index in [1.807, 2.05) is 6.92 Å². The minimum atomic E-state index is -0.370. The third-order valence-corrected chi connectivity index (χ3v) is 3.60. The fraction of sp³-hybridized carbons (Fsp3) is 0.500. The maximum absolute atomic E-state index is 11.6. The van der Waals surface area contributed by atoms with Crippen molar-refractivity contribution >= 4 is 28.3 Å². The number of aliphatic hydroxyl groups is 1. The second kappa shape index (κ2) is 4.80. The molecule has 0 spiro atoms. The minimum Gasteiger partial charge on any atom is -0.391 e. The van der Waals surface area contributed by atoms with Gasteiger partial charge in [0.25, 0.3) is 0 Å². The van der Waals surface area contributed by atoms with Crippen LogP contribution in [-0.4, -0.2) is 34.5 Å². The Kier molecular flexibility index (Phi) is 3.39. The molecule has 2 heterocycles. The summed E-state index contributed by atoms with van der Waals surface area (Å²) >= 11 is 1.30. The van der Waals surface area contributed by atoms with E-state index in [0.29, 0.717) is 16.4 Å². The van der Waals surface area contributed by atoms with Gasteiger partial charge in [0, 0.05) is 6.20 Å². The van der Waals surface area contributed by atoms with Crippen LogP contribution in [0.5, 0.6) is 0 Å². The topological polar surface area (TPSA) is 82.5 Å². The van der Waals surface area contributed by atoms with Crippen LogP contribution in [0.15, 0.2) is 6.20 Å². The molecule has 1 unspecified atom stereocenters. The quantitative estimate of drug-likeness (QED) is 0.736. The number of anilines is 1. The van der Waals surface area contributed by atoms with E-state index in [1.165, 1.54) is 11.3 Å². The molecular formula is C10H13N3O3S. The number of imide groups is 1. The molecule has 0 bridgehead atoms. The molecule has 1 fully saturated rings. The van der Waals surface area contributed by atoms with E-state index in [1.54, 1.807) is 11.1 Å². The zero-order valence-electron chi connectivity index (χ0n) is 9.34. The molecule has 0 saturated carbocycles. The molecule has 1 saturated heterocycles. The summed E-state index contributed by atoms with van der Waals surface area (Å²) in [5.74, 6) is -0.607. The molecule has 1 aliphatic rings. The molecule has 1 aromatic rings. The van der Waals surface area contributed by atoms with Crippen molar-refractivity contribution in [1.29, 1.82) is 0 Å². The number of amides is 2. The average molecular weight is 255 g/mol. The third kappa shape index (κ3) is 2.29. The monoisotopic (exact) mass is 255 g/mol. The number of nitrogens with zero attached hydrogens (tertiary/aromatic N) is 2. The first-order valence-electron chi connectivity index (χ1n) is 5.31. The van der Waals surface area contributed by atoms with E-state index >= 15 is 0 Å². The Morgan fingerprint density at radius 2 is 2.41 bits per heavy atom. The summed E-state index contributed by atoms with van der Waals surface area (Å²) in [6, 6.07) is -0.370. The normalized spacial score (nSPS) is 20.6. The minimum absolute atomic E-state index is 0.0809. The van der Waals surface area contributed by atoms with Gasteiger partial charge in [0.1, 0.15) is 12.6 Å². The molecule has 92 valence electrons. The summed E-state index contributed by atoms with van der Waals surface area (Å²) in [5, 5.41) is 11.9. The molecule has 1 aromatic heterocycles. The first-order chi connectivity index (χ1) is 8.15. The SMILES string of the molecule is CCC1C(=O)NC(=O)CN1c1ncc(CO)s1. The van der Waals surface area contributed by atoms with Crippen molar-refractivity contribution in [2.24, 2.45) is 0 Å². The maximum Gasteiger partial charge on any atom is 0.249 e. The molecule has 2 rings (SSSR count). The Morgan fingerprint density at radius 3 is 3.00 bits per heavy atom. The van der Waals surface area contributed by atoms with Crippen LogP contribution in [-0.2, 0) is 16.2 Å². The van der Waals surface area contributed by atoms with E-state index < -0.39 is 0 Å². The Morgan fingerprint density at radius 1 is 1.65 bits per heavy atom. The number of aromatic nitrogens is 1. The maximum atomic E-state index is 11.6. The Labute approximate surface area is 102 Å². The lowest BCUT2D eigenvalue weighted by molar-refractivity contribution is -0.132. The average Bonchev–Trinajstić information content (AvgIpc) is 2.76. The highest BCUT2D eigenvalue weighted by Crippen LogP contribution is 2.26. The zero-order valence-corrected chi connectivity index (χ0v) is 10.2. The van der Waals surface area contributed by atoms with Gasteiger partial charge in [-0.15, -0.1) is 0 Å². The predicted octanol–water partition coefficient (Wildman–Crippen LogP) is -0.123. The van der Waals surface area contributed by atoms with Gasteiger partial charge >= 0.3 is 0 Å². The Hall–Kier alpha value is -1.47. The van der Waals surface area contributed by atoms with Gasteiger partial charge in [0.15, 0.2) is 5.13 Å². The lowest BCUT2D eigenvalue weighted by Crippen LogP contribution is -2.58. The van der Waals surface area contributed by atoms with Crippen LogP contribution >= 0.6 is 11.3 Å². The molecular weight excluding hydrogens is 242 g/mol. The number of hydrogen-bond donors (Lipinski definition) is 2. The van der Waals surface area contributed by atoms with E-state index in [0.717, 1.165) is 0 Å². The van der Waals surface area contributed by atoms with E-state index in [2.05, 4.69) is 10.3 Å². The predicted molar refractivity (Wildman–Crippen MR) is 62.6 cm³/mol. The molecule has 7 heteroatoms. The number of hydrogen-bond acceptors (Lipinski definition) is 6. The van der Waals surface area contributed by atoms with Crippen LogP contribution in [0.2, 0.25) is 0 Å². The van der Waals surface area contributed by atoms with Crippen molar-refractivity contribution in [1.82, 2.24) is 10.3 Å². The molecule has 1 atom stereocenters. The van der Waals surface area contributed by atoms with Crippen LogP contribution in [0.1, 0.15) is 18.2 Å². The first kappa shape index (κ1) is 12.0. The van der Waals surface area contributed by atoms with Gasteiger partial charge in [0.05, 0.1) is 11.5 Å². The lowest BCUT2D eigenvalue weighted by atomic mass is 10.1. The fourth-order valence-corrected chi connectivity index (χ4v) is 2.60. The largest absolute Gasteiger partial charge is 0.391 e. The second-order valence-corrected chi connectivity index (χ2v) is 4.83. The summed E-state index contributed by atoms with van der Waals surface area (Å²) in [7, 11) is 0. The molecule has 0 aliphatic carbocycles. The standard InChI is InChI=1S/C10H13N3O3S/c1-2-7-9(16)12-8(15)4-13(7)10-11-3-6(5-14)17-10/h3,7,14H,2,4-5H2,1H3,(H,12,15,16). The number of carbonyl (C=O) groups is 2. The van der Waals surface area contributed by atoms with Crippen molar-refractivity contribution in [3.05, 3.63) is 11.1 Å². The molecule has 0 aromatic carbocycles. The molecule has 2 N–H and O–H groups in total. The van der Waals surface area contributed by atoms with Crippen molar-refractivity contribution in [3.8, 4) is 0 Å². The van der Waals surface area contributed by atoms with Gasteiger partial charge in [-0.25, -0.2) is 4.98 Å². The Balaban J connectivity index is 2.27. The van der Waals surface area contributed by atoms with E-state index in [4.69, 9.17) is 5.11 Å². The number of nitrogens with one attached hydrogen (secondary N) is 1. The van der Waals surface area contributed by atoms with Gasteiger partial charge in [-0.3, -0.25) is 14.9 Å². The molecule has 1 aliphatic heterocycles. The molecule has 2 amide bonds. The number of thiazole rings is 1. The number of rotatable bonds is 3. The highest BCUT2D eigenvalue weighted by Gasteiger charge is 2.33. The highest BCUT2D eigenvalue weighted by molar-refractivity contribution is 7.15. The van der Waals surface area contributed by atoms with Gasteiger partial charge in [-0.1, -0.05) is 18.3 Å². The molecule has 6 nitrogen and oxygen atoms in total. The van der Waals surface area contributed by atoms with Crippen LogP contribution in [0.25, 0.3) is 0 Å². The molecule has 0 radical (unpaired) electrons. The summed E-state index contributed by atoms with van der Waals surface area (Å²) < 4.78 is 0. The first-order valence-corrected chi connectivity index (χ1v) is 6.13. The Bertz CT molecular complexity index is 446. The smallest absolute Gasteiger partial charge is 0.249 e. The zero-order chi connectivity index (χ0) is 12.4. The summed E-state index contributed by atoms with van der Waals surface area (Å²) in [6.07, 6.45) is 2.16. The summed E-state index contributed by atoms with van der Waals surface area (Å²) in [5.41, 5.74) is 0. The van der Waals surface area contributed by atoms with Gasteiger partial charge in [-0.2, -0.15) is 0 Å². The van der Waals surface area contributed by atoms with Gasteiger partial charge < -0.3 is 10.0 Å². The van der Waals surface area contributed by atoms with E-state index in [9.17, 15) is 9.59 Å². The number of piperazine rings is 1. The summed E-state index contributed by atoms with van der Waals surface area (Å²) in [6.45, 7) is 1.93. The highest BCUT2D eigenvalue weighted by atomic mass is 32.1. The van der Waals surface area contributed by atoms with Crippen LogP contribution in [0.4, 0.5) is 5.13 Å². The van der Waals surface area contributed by atoms with Crippen LogP contribution in [0.3, 0.4) is 0 Å². The second-order valence-electron chi connectivity index (χ2n) is 3.73. The summed E-state index contributed by atoms with van der Waals surface area (Å²) in [4.78, 5) is 29.5. The molecule has 17 heavy (non-hydrogen) atoms. The number of carbonyl (C=O) groups excluding carboxylic acids is 2. The van der Waals surface area contributed by atoms with Crippen LogP contribution < -0.4 is 10.2 Å². The van der Waals surface area contributed by atoms with Crippen molar-refractivity contribution < 1.29 is 14.7 Å². The van der Waals surface area contributed by atoms with Crippen molar-refractivity contribution in [2.75, 3.05) is 11.4 Å². The number of aliphatic hydroxyl groups excluding tert-OH is 1. The van der Waals surface area contributed by atoms with Crippen molar-refractivity contribution in [3.63, 3.8) is 0 Å². The van der Waals surface area contributed by atoms with Crippen molar-refractivity contribution in [2.45, 2.75) is 26.0 Å².